The fourth-order valence-electron chi connectivity index (χ4n) is 6.99. The van der Waals surface area contributed by atoms with Gasteiger partial charge in [0.05, 0.1) is 5.69 Å². The molecule has 0 heterocycles. The second-order valence-corrected chi connectivity index (χ2v) is 10.9. The quantitative estimate of drug-likeness (QED) is 0.558. The normalized spacial score (nSPS) is 35.1. The Labute approximate surface area is 187 Å². The first-order valence-electron chi connectivity index (χ1n) is 11.1. The van der Waals surface area contributed by atoms with E-state index in [-0.39, 0.29) is 36.6 Å². The molecule has 6 rings (SSSR count). The van der Waals surface area contributed by atoms with E-state index in [1.54, 1.807) is 0 Å². The smallest absolute Gasteiger partial charge is 0.262 e. The summed E-state index contributed by atoms with van der Waals surface area (Å²) < 4.78 is 51.5. The predicted octanol–water partition coefficient (Wildman–Crippen LogP) is 2.63. The molecule has 1 aromatic carbocycles. The average Bonchev–Trinajstić information content (AvgIpc) is 2.68. The molecule has 0 spiro atoms. The summed E-state index contributed by atoms with van der Waals surface area (Å²) in [5, 5.41) is 3.11. The molecule has 7 nitrogen and oxygen atoms in total. The molecule has 5 aliphatic carbocycles. The van der Waals surface area contributed by atoms with Gasteiger partial charge in [0.1, 0.15) is 17.2 Å². The van der Waals surface area contributed by atoms with Gasteiger partial charge in [-0.2, -0.15) is 0 Å². The maximum absolute atomic E-state index is 14.5. The Bertz CT molecular complexity index is 985. The summed E-state index contributed by atoms with van der Waals surface area (Å²) >= 11 is -2.73. The number of hydrogen-bond donors (Lipinski definition) is 3. The molecule has 2 amide bonds. The summed E-state index contributed by atoms with van der Waals surface area (Å²) in [5.41, 5.74) is 3.42. The lowest BCUT2D eigenvalue weighted by Crippen LogP contribution is -2.68. The number of primary amides is 1. The van der Waals surface area contributed by atoms with E-state index in [9.17, 15) is 27.1 Å². The first kappa shape index (κ1) is 21.8. The van der Waals surface area contributed by atoms with Crippen LogP contribution in [-0.4, -0.2) is 32.2 Å². The van der Waals surface area contributed by atoms with Gasteiger partial charge in [-0.3, -0.25) is 18.4 Å². The van der Waals surface area contributed by atoms with Crippen LogP contribution >= 0.6 is 0 Å². The van der Waals surface area contributed by atoms with Crippen LogP contribution < -0.4 is 15.4 Å². The molecule has 0 aliphatic heterocycles. The van der Waals surface area contributed by atoms with Crippen molar-refractivity contribution in [1.29, 1.82) is 0 Å². The molecule has 3 unspecified atom stereocenters. The second-order valence-electron chi connectivity index (χ2n) is 10.1. The third-order valence-electron chi connectivity index (χ3n) is 8.37. The first-order valence-corrected chi connectivity index (χ1v) is 12.2. The number of rotatable bonds is 6. The van der Waals surface area contributed by atoms with Gasteiger partial charge >= 0.3 is 0 Å². The predicted molar refractivity (Wildman–Crippen MR) is 113 cm³/mol. The summed E-state index contributed by atoms with van der Waals surface area (Å²) in [6, 6.07) is 2.50. The third-order valence-corrected chi connectivity index (χ3v) is 9.23. The van der Waals surface area contributed by atoms with Gasteiger partial charge in [-0.1, -0.05) is 0 Å². The summed E-state index contributed by atoms with van der Waals surface area (Å²) in [5.74, 6) is -1.67. The number of nitrogens with one attached hydrogen (secondary N) is 1. The van der Waals surface area contributed by atoms with Gasteiger partial charge in [0, 0.05) is 17.5 Å². The Hall–Kier alpha value is -2.07. The van der Waals surface area contributed by atoms with Crippen molar-refractivity contribution in [1.82, 2.24) is 5.32 Å². The molecule has 32 heavy (non-hydrogen) atoms. The topological polar surface area (TPSA) is 113 Å². The van der Waals surface area contributed by atoms with E-state index >= 15 is 0 Å². The van der Waals surface area contributed by atoms with E-state index in [1.807, 2.05) is 0 Å². The second kappa shape index (κ2) is 7.48. The van der Waals surface area contributed by atoms with Crippen LogP contribution in [0.3, 0.4) is 0 Å². The monoisotopic (exact) mass is 467 g/mol. The van der Waals surface area contributed by atoms with E-state index in [2.05, 4.69) is 5.32 Å². The lowest BCUT2D eigenvalue weighted by Gasteiger charge is -2.59. The first-order chi connectivity index (χ1) is 15.1. The van der Waals surface area contributed by atoms with Crippen LogP contribution in [0.15, 0.2) is 18.2 Å². The average molecular weight is 468 g/mol. The zero-order valence-electron chi connectivity index (χ0n) is 17.6. The minimum atomic E-state index is -2.73. The highest BCUT2D eigenvalue weighted by atomic mass is 32.2. The van der Waals surface area contributed by atoms with Crippen molar-refractivity contribution in [3.05, 3.63) is 29.8 Å². The van der Waals surface area contributed by atoms with Crippen molar-refractivity contribution < 1.29 is 27.1 Å². The Balaban J connectivity index is 1.42. The van der Waals surface area contributed by atoms with Gasteiger partial charge in [0.2, 0.25) is 11.8 Å². The molecule has 174 valence electrons. The number of amides is 2. The molecular weight excluding hydrogens is 440 g/mol. The molecular formula is C22H27F2N3O4S. The number of anilines is 1. The lowest BCUT2D eigenvalue weighted by molar-refractivity contribution is -0.148. The maximum atomic E-state index is 14.5. The number of carbonyl (C=O) groups is 2. The molecule has 0 radical (unpaired) electrons. The minimum Gasteiger partial charge on any atom is -0.369 e. The Morgan fingerprint density at radius 2 is 1.81 bits per heavy atom. The van der Waals surface area contributed by atoms with Crippen LogP contribution in [0.4, 0.5) is 14.5 Å². The Morgan fingerprint density at radius 1 is 1.16 bits per heavy atom. The SMILES string of the molecule is NC(=O)C12CC3CC(C1)C(NC(=O)C1(N(c4cc(F)ccc4F)S(=O)O)CCC1)C(C3)C2. The van der Waals surface area contributed by atoms with Crippen molar-refractivity contribution in [3.8, 4) is 0 Å². The summed E-state index contributed by atoms with van der Waals surface area (Å²) in [4.78, 5) is 25.7. The summed E-state index contributed by atoms with van der Waals surface area (Å²) in [6.07, 6.45) is 5.07. The van der Waals surface area contributed by atoms with Crippen LogP contribution in [0, 0.1) is 34.8 Å². The fourth-order valence-corrected chi connectivity index (χ4v) is 7.86. The standard InChI is InChI=1S/C22H27F2N3O4S/c23-15-2-3-16(24)17(8-15)27(32(30)31)22(4-1-5-22)20(29)26-18-13-6-12-7-14(18)11-21(9-12,10-13)19(25)28/h2-3,8,12-14,18H,1,4-7,9-11H2,(H2,25,28)(H,26,29)(H,30,31). The molecule has 5 aliphatic rings. The minimum absolute atomic E-state index is 0.119. The Morgan fingerprint density at radius 3 is 2.34 bits per heavy atom. The number of benzene rings is 1. The third kappa shape index (κ3) is 3.17. The van der Waals surface area contributed by atoms with Crippen LogP contribution in [0.2, 0.25) is 0 Å². The summed E-state index contributed by atoms with van der Waals surface area (Å²) in [6.45, 7) is 0. The van der Waals surface area contributed by atoms with Gasteiger partial charge in [0.15, 0.2) is 0 Å². The zero-order chi connectivity index (χ0) is 22.8. The summed E-state index contributed by atoms with van der Waals surface area (Å²) in [7, 11) is 0. The molecule has 0 aromatic heterocycles. The van der Waals surface area contributed by atoms with Crippen molar-refractivity contribution in [2.75, 3.05) is 4.31 Å². The number of nitrogens with zero attached hydrogens (tertiary/aromatic N) is 1. The Kier molecular flexibility index (Phi) is 5.09. The van der Waals surface area contributed by atoms with E-state index in [4.69, 9.17) is 5.73 Å². The maximum Gasteiger partial charge on any atom is 0.262 e. The zero-order valence-corrected chi connectivity index (χ0v) is 18.4. The highest BCUT2D eigenvalue weighted by Gasteiger charge is 2.60. The van der Waals surface area contributed by atoms with Crippen molar-refractivity contribution >= 4 is 28.8 Å². The molecule has 4 N–H and O–H groups in total. The van der Waals surface area contributed by atoms with E-state index in [1.165, 1.54) is 0 Å². The molecule has 10 heteroatoms. The van der Waals surface area contributed by atoms with E-state index in [0.717, 1.165) is 41.8 Å². The van der Waals surface area contributed by atoms with Crippen LogP contribution in [0.5, 0.6) is 0 Å². The largest absolute Gasteiger partial charge is 0.369 e. The molecule has 4 bridgehead atoms. The molecule has 0 saturated heterocycles. The van der Waals surface area contributed by atoms with Gasteiger partial charge < -0.3 is 11.1 Å². The number of halogens is 2. The fraction of sp³-hybridized carbons (Fsp3) is 0.636. The molecule has 5 fully saturated rings. The van der Waals surface area contributed by atoms with Gasteiger partial charge in [-0.05, 0) is 81.3 Å². The van der Waals surface area contributed by atoms with E-state index < -0.39 is 45.4 Å². The lowest BCUT2D eigenvalue weighted by atomic mass is 9.47. The van der Waals surface area contributed by atoms with Gasteiger partial charge in [-0.15, -0.1) is 0 Å². The van der Waals surface area contributed by atoms with Crippen molar-refractivity contribution in [3.63, 3.8) is 0 Å². The number of nitrogens with two attached hydrogens (primary N) is 1. The van der Waals surface area contributed by atoms with E-state index in [0.29, 0.717) is 25.2 Å². The van der Waals surface area contributed by atoms with Gasteiger partial charge in [-0.25, -0.2) is 13.0 Å². The van der Waals surface area contributed by atoms with Gasteiger partial charge in [0.25, 0.3) is 11.3 Å². The van der Waals surface area contributed by atoms with Crippen molar-refractivity contribution in [2.24, 2.45) is 28.9 Å². The molecule has 5 saturated carbocycles. The number of hydrogen-bond acceptors (Lipinski definition) is 3. The van der Waals surface area contributed by atoms with Crippen LogP contribution in [0.25, 0.3) is 0 Å². The van der Waals surface area contributed by atoms with Crippen molar-refractivity contribution in [2.45, 2.75) is 62.9 Å². The van der Waals surface area contributed by atoms with Crippen LogP contribution in [0.1, 0.15) is 51.4 Å². The molecule has 1 aromatic rings. The highest BCUT2D eigenvalue weighted by molar-refractivity contribution is 7.80. The number of carbonyl (C=O) groups excluding carboxylic acids is 2. The molecule has 3 atom stereocenters. The highest BCUT2D eigenvalue weighted by Crippen LogP contribution is 2.60. The van der Waals surface area contributed by atoms with Crippen LogP contribution in [-0.2, 0) is 20.9 Å².